The maximum Gasteiger partial charge on any atom is 0.240 e. The van der Waals surface area contributed by atoms with Crippen LogP contribution in [0, 0.1) is 0 Å². The first kappa shape index (κ1) is 14.7. The molecule has 18 heavy (non-hydrogen) atoms. The number of nitrogens with one attached hydrogen (secondary N) is 1. The van der Waals surface area contributed by atoms with Crippen LogP contribution in [0.25, 0.3) is 0 Å². The van der Waals surface area contributed by atoms with Crippen molar-refractivity contribution in [3.05, 3.63) is 18.2 Å². The summed E-state index contributed by atoms with van der Waals surface area (Å²) in [7, 11) is -0.350. The van der Waals surface area contributed by atoms with Gasteiger partial charge in [0, 0.05) is 13.1 Å². The molecular weight excluding hydrogens is 254 g/mol. The summed E-state index contributed by atoms with van der Waals surface area (Å²) in [6.45, 7) is 1.84. The third-order valence-electron chi connectivity index (χ3n) is 2.88. The van der Waals surface area contributed by atoms with Gasteiger partial charge in [-0.05, 0) is 32.2 Å². The van der Waals surface area contributed by atoms with Gasteiger partial charge in [-0.2, -0.15) is 0 Å². The average molecular weight is 273 g/mol. The highest BCUT2D eigenvalue weighted by atomic mass is 32.2. The van der Waals surface area contributed by atoms with E-state index < -0.39 is 10.0 Å². The summed E-state index contributed by atoms with van der Waals surface area (Å²) >= 11 is 0. The first-order valence-electron chi connectivity index (χ1n) is 5.50. The van der Waals surface area contributed by atoms with E-state index in [4.69, 9.17) is 10.8 Å². The van der Waals surface area contributed by atoms with E-state index in [9.17, 15) is 8.42 Å². The fraction of sp³-hybridized carbons (Fsp3) is 0.455. The second kappa shape index (κ2) is 5.55. The number of aliphatic hydroxyl groups excluding tert-OH is 1. The summed E-state index contributed by atoms with van der Waals surface area (Å²) in [6, 6.07) is 4.42. The highest BCUT2D eigenvalue weighted by Crippen LogP contribution is 2.26. The Bertz CT molecular complexity index is 516. The summed E-state index contributed by atoms with van der Waals surface area (Å²) in [4.78, 5) is 1.92. The molecule has 0 aliphatic heterocycles. The van der Waals surface area contributed by atoms with Crippen LogP contribution < -0.4 is 15.4 Å². The molecule has 7 heteroatoms. The molecule has 0 amide bonds. The minimum atomic E-state index is -3.49. The molecule has 0 radical (unpaired) electrons. The Hall–Kier alpha value is -1.31. The van der Waals surface area contributed by atoms with Gasteiger partial charge in [-0.15, -0.1) is 0 Å². The van der Waals surface area contributed by atoms with Gasteiger partial charge in [0.25, 0.3) is 0 Å². The maximum atomic E-state index is 11.6. The van der Waals surface area contributed by atoms with Crippen molar-refractivity contribution in [3.8, 4) is 0 Å². The van der Waals surface area contributed by atoms with Gasteiger partial charge in [-0.1, -0.05) is 0 Å². The molecule has 0 aromatic heterocycles. The number of benzene rings is 1. The first-order valence-corrected chi connectivity index (χ1v) is 6.98. The number of aliphatic hydroxyl groups is 1. The number of nitrogen functional groups attached to an aromatic ring is 1. The van der Waals surface area contributed by atoms with E-state index in [1.54, 1.807) is 18.0 Å². The Kier molecular flexibility index (Phi) is 4.55. The van der Waals surface area contributed by atoms with Crippen LogP contribution in [0.1, 0.15) is 6.92 Å². The molecule has 0 spiro atoms. The molecule has 1 unspecified atom stereocenters. The van der Waals surface area contributed by atoms with Gasteiger partial charge < -0.3 is 15.7 Å². The zero-order valence-corrected chi connectivity index (χ0v) is 11.5. The molecule has 4 N–H and O–H groups in total. The zero-order valence-electron chi connectivity index (χ0n) is 10.7. The molecule has 1 atom stereocenters. The van der Waals surface area contributed by atoms with Crippen LogP contribution in [-0.2, 0) is 10.0 Å². The number of rotatable bonds is 5. The van der Waals surface area contributed by atoms with Gasteiger partial charge in [0.15, 0.2) is 0 Å². The van der Waals surface area contributed by atoms with E-state index in [-0.39, 0.29) is 17.5 Å². The second-order valence-electron chi connectivity index (χ2n) is 4.07. The molecule has 1 aromatic rings. The molecule has 0 saturated carbocycles. The van der Waals surface area contributed by atoms with Crippen molar-refractivity contribution in [1.82, 2.24) is 4.72 Å². The van der Waals surface area contributed by atoms with Gasteiger partial charge in [-0.25, -0.2) is 13.1 Å². The van der Waals surface area contributed by atoms with Crippen LogP contribution >= 0.6 is 0 Å². The third kappa shape index (κ3) is 2.92. The van der Waals surface area contributed by atoms with Crippen molar-refractivity contribution < 1.29 is 13.5 Å². The molecule has 1 aromatic carbocycles. The number of anilines is 2. The topological polar surface area (TPSA) is 95.7 Å². The fourth-order valence-electron chi connectivity index (χ4n) is 1.50. The molecule has 0 aliphatic rings. The monoisotopic (exact) mass is 273 g/mol. The van der Waals surface area contributed by atoms with E-state index in [2.05, 4.69) is 4.72 Å². The van der Waals surface area contributed by atoms with Gasteiger partial charge >= 0.3 is 0 Å². The summed E-state index contributed by atoms with van der Waals surface area (Å²) < 4.78 is 25.4. The average Bonchev–Trinajstić information content (AvgIpc) is 2.36. The van der Waals surface area contributed by atoms with Crippen molar-refractivity contribution in [2.45, 2.75) is 17.9 Å². The Balaban J connectivity index is 3.15. The minimum absolute atomic E-state index is 0.00743. The van der Waals surface area contributed by atoms with Crippen LogP contribution in [0.4, 0.5) is 11.4 Å². The molecule has 0 saturated heterocycles. The van der Waals surface area contributed by atoms with E-state index in [0.717, 1.165) is 0 Å². The van der Waals surface area contributed by atoms with Crippen LogP contribution in [-0.4, -0.2) is 40.3 Å². The first-order chi connectivity index (χ1) is 8.33. The minimum Gasteiger partial charge on any atom is -0.397 e. The number of likely N-dealkylation sites (N-methyl/N-ethyl adjacent to an activating group) is 1. The lowest BCUT2D eigenvalue weighted by Gasteiger charge is -2.26. The molecule has 0 heterocycles. The lowest BCUT2D eigenvalue weighted by molar-refractivity contribution is 0.270. The standard InChI is InChI=1S/C11H19N3O3S/c1-8(7-15)14(3)11-5-4-9(6-10(11)12)18(16,17)13-2/h4-6,8,13,15H,7,12H2,1-3H3. The molecule has 102 valence electrons. The largest absolute Gasteiger partial charge is 0.397 e. The van der Waals surface area contributed by atoms with E-state index in [1.165, 1.54) is 19.2 Å². The molecule has 0 bridgehead atoms. The predicted molar refractivity (Wildman–Crippen MR) is 72.1 cm³/mol. The Labute approximate surface area is 107 Å². The number of nitrogens with two attached hydrogens (primary N) is 1. The van der Waals surface area contributed by atoms with Crippen molar-refractivity contribution in [3.63, 3.8) is 0 Å². The molecule has 0 aliphatic carbocycles. The lowest BCUT2D eigenvalue weighted by Crippen LogP contribution is -2.32. The van der Waals surface area contributed by atoms with Crippen LogP contribution in [0.2, 0.25) is 0 Å². The molecule has 1 rings (SSSR count). The van der Waals surface area contributed by atoms with E-state index in [0.29, 0.717) is 11.4 Å². The van der Waals surface area contributed by atoms with Crippen LogP contribution in [0.15, 0.2) is 23.1 Å². The lowest BCUT2D eigenvalue weighted by atomic mass is 10.2. The number of sulfonamides is 1. The normalized spacial score (nSPS) is 13.3. The van der Waals surface area contributed by atoms with Crippen LogP contribution in [0.3, 0.4) is 0 Å². The number of nitrogens with zero attached hydrogens (tertiary/aromatic N) is 1. The smallest absolute Gasteiger partial charge is 0.240 e. The Morgan fingerprint density at radius 3 is 2.56 bits per heavy atom. The summed E-state index contributed by atoms with van der Waals surface area (Å²) in [5.74, 6) is 0. The second-order valence-corrected chi connectivity index (χ2v) is 5.96. The third-order valence-corrected chi connectivity index (χ3v) is 4.30. The molecule has 6 nitrogen and oxygen atoms in total. The summed E-state index contributed by atoms with van der Waals surface area (Å²) in [5.41, 5.74) is 6.89. The Morgan fingerprint density at radius 1 is 1.50 bits per heavy atom. The summed E-state index contributed by atoms with van der Waals surface area (Å²) in [5, 5.41) is 9.09. The highest BCUT2D eigenvalue weighted by Gasteiger charge is 2.16. The van der Waals surface area contributed by atoms with Crippen LogP contribution in [0.5, 0.6) is 0 Å². The van der Waals surface area contributed by atoms with Gasteiger partial charge in [0.05, 0.1) is 22.9 Å². The Morgan fingerprint density at radius 2 is 2.11 bits per heavy atom. The molecule has 0 fully saturated rings. The van der Waals surface area contributed by atoms with Gasteiger partial charge in [-0.3, -0.25) is 0 Å². The number of hydrogen-bond acceptors (Lipinski definition) is 5. The van der Waals surface area contributed by atoms with Gasteiger partial charge in [0.1, 0.15) is 0 Å². The predicted octanol–water partition coefficient (Wildman–Crippen LogP) is -0.00610. The highest BCUT2D eigenvalue weighted by molar-refractivity contribution is 7.89. The molecular formula is C11H19N3O3S. The zero-order chi connectivity index (χ0) is 13.9. The van der Waals surface area contributed by atoms with Gasteiger partial charge in [0.2, 0.25) is 10.0 Å². The quantitative estimate of drug-likeness (QED) is 0.656. The number of hydrogen-bond donors (Lipinski definition) is 3. The fourth-order valence-corrected chi connectivity index (χ4v) is 2.26. The van der Waals surface area contributed by atoms with Crippen molar-refractivity contribution in [2.75, 3.05) is 31.3 Å². The van der Waals surface area contributed by atoms with Crippen molar-refractivity contribution >= 4 is 21.4 Å². The maximum absolute atomic E-state index is 11.6. The van der Waals surface area contributed by atoms with E-state index >= 15 is 0 Å². The summed E-state index contributed by atoms with van der Waals surface area (Å²) in [6.07, 6.45) is 0. The van der Waals surface area contributed by atoms with E-state index in [1.807, 2.05) is 6.92 Å². The van der Waals surface area contributed by atoms with Crippen molar-refractivity contribution in [2.24, 2.45) is 0 Å². The van der Waals surface area contributed by atoms with Crippen molar-refractivity contribution in [1.29, 1.82) is 0 Å². The SMILES string of the molecule is CNS(=O)(=O)c1ccc(N(C)C(C)CO)c(N)c1.